The molecule has 0 bridgehead atoms. The summed E-state index contributed by atoms with van der Waals surface area (Å²) >= 11 is 0. The van der Waals surface area contributed by atoms with Crippen molar-refractivity contribution in [1.82, 2.24) is 9.88 Å². The maximum Gasteiger partial charge on any atom is 0.253 e. The number of carbonyl (C=O) groups excluding carboxylic acids is 1. The number of benzene rings is 2. The van der Waals surface area contributed by atoms with Crippen molar-refractivity contribution in [2.45, 2.75) is 59.0 Å². The lowest BCUT2D eigenvalue weighted by atomic mass is 9.88. The van der Waals surface area contributed by atoms with Crippen molar-refractivity contribution < 1.29 is 9.53 Å². The van der Waals surface area contributed by atoms with E-state index in [2.05, 4.69) is 18.0 Å². The van der Waals surface area contributed by atoms with Gasteiger partial charge in [0.15, 0.2) is 0 Å². The Morgan fingerprint density at radius 2 is 1.75 bits per heavy atom. The molecule has 1 aromatic heterocycles. The number of methoxy groups -OCH3 is 1. The summed E-state index contributed by atoms with van der Waals surface area (Å²) < 4.78 is 5.26. The SMILES string of the molecule is COc1ccc(CN(Cc2cc3c(C)cc(C)cc3[nH]c2=O)C(=O)C2CCCCC2)cc1. The van der Waals surface area contributed by atoms with E-state index in [0.717, 1.165) is 59.0 Å². The Morgan fingerprint density at radius 3 is 2.44 bits per heavy atom. The number of hydrogen-bond donors (Lipinski definition) is 1. The molecule has 0 spiro atoms. The van der Waals surface area contributed by atoms with E-state index in [-0.39, 0.29) is 17.4 Å². The van der Waals surface area contributed by atoms with Crippen LogP contribution in [0, 0.1) is 19.8 Å². The normalized spacial score (nSPS) is 14.5. The molecule has 0 radical (unpaired) electrons. The van der Waals surface area contributed by atoms with E-state index in [1.807, 2.05) is 48.2 Å². The molecule has 1 heterocycles. The molecule has 1 aliphatic rings. The van der Waals surface area contributed by atoms with Crippen LogP contribution in [0.1, 0.15) is 54.4 Å². The van der Waals surface area contributed by atoms with Crippen LogP contribution in [0.15, 0.2) is 47.3 Å². The van der Waals surface area contributed by atoms with Crippen LogP contribution in [0.25, 0.3) is 10.9 Å². The number of nitrogens with one attached hydrogen (secondary N) is 1. The average Bonchev–Trinajstić information content (AvgIpc) is 2.80. The second kappa shape index (κ2) is 9.60. The highest BCUT2D eigenvalue weighted by Gasteiger charge is 2.27. The van der Waals surface area contributed by atoms with Gasteiger partial charge in [-0.25, -0.2) is 0 Å². The van der Waals surface area contributed by atoms with Gasteiger partial charge in [0.05, 0.1) is 13.7 Å². The summed E-state index contributed by atoms with van der Waals surface area (Å²) in [6.45, 7) is 4.86. The van der Waals surface area contributed by atoms with Crippen molar-refractivity contribution >= 4 is 16.8 Å². The summed E-state index contributed by atoms with van der Waals surface area (Å²) in [4.78, 5) is 31.3. The summed E-state index contributed by atoms with van der Waals surface area (Å²) in [6, 6.07) is 13.9. The average molecular weight is 433 g/mol. The van der Waals surface area contributed by atoms with E-state index in [0.29, 0.717) is 18.7 Å². The van der Waals surface area contributed by atoms with Crippen LogP contribution < -0.4 is 10.3 Å². The molecule has 32 heavy (non-hydrogen) atoms. The molecule has 0 atom stereocenters. The Kier molecular flexibility index (Phi) is 6.63. The molecule has 0 aliphatic heterocycles. The number of aromatic nitrogens is 1. The Labute approximate surface area is 189 Å². The van der Waals surface area contributed by atoms with Crippen molar-refractivity contribution in [1.29, 1.82) is 0 Å². The standard InChI is InChI=1S/C27H32N2O3/c1-18-13-19(2)24-15-22(26(30)28-25(24)14-18)17-29(27(31)21-7-5-4-6-8-21)16-20-9-11-23(32-3)12-10-20/h9-15,21H,4-8,16-17H2,1-3H3,(H,28,30). The van der Waals surface area contributed by atoms with Crippen molar-refractivity contribution in [3.63, 3.8) is 0 Å². The largest absolute Gasteiger partial charge is 0.497 e. The Balaban J connectivity index is 1.66. The third-order valence-corrected chi connectivity index (χ3v) is 6.55. The molecule has 5 heteroatoms. The molecule has 1 N–H and O–H groups in total. The predicted octanol–water partition coefficient (Wildman–Crippen LogP) is 5.26. The van der Waals surface area contributed by atoms with Gasteiger partial charge in [-0.3, -0.25) is 9.59 Å². The van der Waals surface area contributed by atoms with Crippen LogP contribution in [-0.2, 0) is 17.9 Å². The number of nitrogens with zero attached hydrogens (tertiary/aromatic N) is 1. The van der Waals surface area contributed by atoms with Crippen LogP contribution >= 0.6 is 0 Å². The molecule has 168 valence electrons. The van der Waals surface area contributed by atoms with E-state index >= 15 is 0 Å². The van der Waals surface area contributed by atoms with E-state index in [1.165, 1.54) is 6.42 Å². The van der Waals surface area contributed by atoms with Gasteiger partial charge in [-0.05, 0) is 67.6 Å². The summed E-state index contributed by atoms with van der Waals surface area (Å²) in [7, 11) is 1.64. The lowest BCUT2D eigenvalue weighted by molar-refractivity contribution is -0.137. The molecule has 2 aromatic carbocycles. The number of aromatic amines is 1. The Bertz CT molecular complexity index is 1160. The van der Waals surface area contributed by atoms with E-state index in [4.69, 9.17) is 4.74 Å². The van der Waals surface area contributed by atoms with Gasteiger partial charge in [0.25, 0.3) is 5.56 Å². The molecule has 1 fully saturated rings. The monoisotopic (exact) mass is 432 g/mol. The third-order valence-electron chi connectivity index (χ3n) is 6.55. The highest BCUT2D eigenvalue weighted by atomic mass is 16.5. The lowest BCUT2D eigenvalue weighted by Crippen LogP contribution is -2.37. The van der Waals surface area contributed by atoms with Gasteiger partial charge >= 0.3 is 0 Å². The molecule has 0 saturated heterocycles. The van der Waals surface area contributed by atoms with Crippen LogP contribution in [-0.4, -0.2) is 22.9 Å². The molecule has 5 nitrogen and oxygen atoms in total. The first-order chi connectivity index (χ1) is 15.4. The number of amides is 1. The van der Waals surface area contributed by atoms with Crippen molar-refractivity contribution in [3.05, 3.63) is 75.1 Å². The first kappa shape index (κ1) is 22.1. The Hall–Kier alpha value is -3.08. The quantitative estimate of drug-likeness (QED) is 0.578. The van der Waals surface area contributed by atoms with Crippen molar-refractivity contribution in [2.75, 3.05) is 7.11 Å². The number of hydrogen-bond acceptors (Lipinski definition) is 3. The fourth-order valence-electron chi connectivity index (χ4n) is 4.81. The second-order valence-corrected chi connectivity index (χ2v) is 9.04. The summed E-state index contributed by atoms with van der Waals surface area (Å²) in [6.07, 6.45) is 5.27. The van der Waals surface area contributed by atoms with E-state index in [1.54, 1.807) is 7.11 Å². The van der Waals surface area contributed by atoms with Gasteiger partial charge in [0.1, 0.15) is 5.75 Å². The molecule has 4 rings (SSSR count). The fraction of sp³-hybridized carbons (Fsp3) is 0.407. The van der Waals surface area contributed by atoms with Gasteiger partial charge in [-0.2, -0.15) is 0 Å². The number of pyridine rings is 1. The van der Waals surface area contributed by atoms with Gasteiger partial charge in [-0.15, -0.1) is 0 Å². The van der Waals surface area contributed by atoms with Crippen molar-refractivity contribution in [2.24, 2.45) is 5.92 Å². The molecule has 1 amide bonds. The lowest BCUT2D eigenvalue weighted by Gasteiger charge is -2.29. The van der Waals surface area contributed by atoms with Crippen molar-refractivity contribution in [3.8, 4) is 5.75 Å². The van der Waals surface area contributed by atoms with Gasteiger partial charge in [0, 0.05) is 28.9 Å². The number of aryl methyl sites for hydroxylation is 2. The zero-order valence-corrected chi connectivity index (χ0v) is 19.2. The van der Waals surface area contributed by atoms with E-state index in [9.17, 15) is 9.59 Å². The highest BCUT2D eigenvalue weighted by molar-refractivity contribution is 5.83. The Morgan fingerprint density at radius 1 is 1.03 bits per heavy atom. The summed E-state index contributed by atoms with van der Waals surface area (Å²) in [5.74, 6) is 0.988. The van der Waals surface area contributed by atoms with Crippen LogP contribution in [0.2, 0.25) is 0 Å². The summed E-state index contributed by atoms with van der Waals surface area (Å²) in [5, 5.41) is 1.03. The minimum absolute atomic E-state index is 0.0472. The summed E-state index contributed by atoms with van der Waals surface area (Å²) in [5.41, 5.74) is 4.61. The number of H-pyrrole nitrogens is 1. The minimum atomic E-state index is -0.126. The zero-order valence-electron chi connectivity index (χ0n) is 19.2. The molecule has 1 aliphatic carbocycles. The minimum Gasteiger partial charge on any atom is -0.497 e. The van der Waals surface area contributed by atoms with Gasteiger partial charge < -0.3 is 14.6 Å². The molecular formula is C27H32N2O3. The number of carbonyl (C=O) groups is 1. The second-order valence-electron chi connectivity index (χ2n) is 9.04. The molecule has 3 aromatic rings. The van der Waals surface area contributed by atoms with Gasteiger partial charge in [0.2, 0.25) is 5.91 Å². The topological polar surface area (TPSA) is 62.4 Å². The van der Waals surface area contributed by atoms with Crippen LogP contribution in [0.5, 0.6) is 5.75 Å². The first-order valence-electron chi connectivity index (χ1n) is 11.5. The number of ether oxygens (including phenoxy) is 1. The van der Waals surface area contributed by atoms with Gasteiger partial charge in [-0.1, -0.05) is 37.5 Å². The maximum absolute atomic E-state index is 13.5. The number of fused-ring (bicyclic) bond motifs is 1. The van der Waals surface area contributed by atoms with Crippen LogP contribution in [0.4, 0.5) is 0 Å². The number of rotatable bonds is 6. The zero-order chi connectivity index (χ0) is 22.7. The predicted molar refractivity (Wildman–Crippen MR) is 128 cm³/mol. The third kappa shape index (κ3) is 4.87. The first-order valence-corrected chi connectivity index (χ1v) is 11.5. The smallest absolute Gasteiger partial charge is 0.253 e. The molecule has 1 saturated carbocycles. The molecular weight excluding hydrogens is 400 g/mol. The highest BCUT2D eigenvalue weighted by Crippen LogP contribution is 2.27. The van der Waals surface area contributed by atoms with Crippen LogP contribution in [0.3, 0.4) is 0 Å². The molecule has 0 unspecified atom stereocenters. The fourth-order valence-corrected chi connectivity index (χ4v) is 4.81. The van der Waals surface area contributed by atoms with E-state index < -0.39 is 0 Å². The maximum atomic E-state index is 13.5.